The summed E-state index contributed by atoms with van der Waals surface area (Å²) in [6, 6.07) is 0. The number of rotatable bonds is 5. The quantitative estimate of drug-likeness (QED) is 0.415. The van der Waals surface area contributed by atoms with Crippen molar-refractivity contribution in [3.63, 3.8) is 0 Å². The Bertz CT molecular complexity index is 747. The topological polar surface area (TPSA) is 90.0 Å². The fourth-order valence-electron chi connectivity index (χ4n) is 4.07. The Morgan fingerprint density at radius 3 is 2.22 bits per heavy atom. The lowest BCUT2D eigenvalue weighted by Crippen LogP contribution is -2.35. The summed E-state index contributed by atoms with van der Waals surface area (Å²) in [5, 5.41) is 0. The van der Waals surface area contributed by atoms with Crippen LogP contribution in [0, 0.1) is 17.3 Å². The Hall–Kier alpha value is -2.44. The van der Waals surface area contributed by atoms with Crippen LogP contribution in [0.1, 0.15) is 46.5 Å². The van der Waals surface area contributed by atoms with Gasteiger partial charge in [-0.05, 0) is 43.9 Å². The second-order valence-electron chi connectivity index (χ2n) is 7.96. The lowest BCUT2D eigenvalue weighted by atomic mass is 9.93. The van der Waals surface area contributed by atoms with Crippen LogP contribution in [-0.2, 0) is 28.7 Å². The molecule has 7 heteroatoms. The van der Waals surface area contributed by atoms with Gasteiger partial charge in [0.2, 0.25) is 0 Å². The van der Waals surface area contributed by atoms with Crippen LogP contribution < -0.4 is 0 Å². The van der Waals surface area contributed by atoms with Crippen LogP contribution in [0.3, 0.4) is 0 Å². The number of nitrogens with zero attached hydrogens (tertiary/aromatic N) is 1. The molecule has 1 aliphatic heterocycles. The maximum absolute atomic E-state index is 12.5. The predicted molar refractivity (Wildman–Crippen MR) is 94.8 cm³/mol. The number of esters is 2. The van der Waals surface area contributed by atoms with Crippen molar-refractivity contribution >= 4 is 23.8 Å². The summed E-state index contributed by atoms with van der Waals surface area (Å²) in [7, 11) is 1.31. The summed E-state index contributed by atoms with van der Waals surface area (Å²) in [6.45, 7) is 5.11. The summed E-state index contributed by atoms with van der Waals surface area (Å²) in [5.41, 5.74) is 1.22. The number of allylic oxidation sites excluding steroid dienone is 1. The fourth-order valence-corrected chi connectivity index (χ4v) is 4.07. The van der Waals surface area contributed by atoms with Crippen LogP contribution in [0.15, 0.2) is 22.8 Å². The van der Waals surface area contributed by atoms with E-state index in [-0.39, 0.29) is 29.9 Å². The zero-order valence-corrected chi connectivity index (χ0v) is 16.2. The molecule has 0 aromatic rings. The standard InChI is InChI=1S/C20H25NO6/c1-11(18(24)26-4)9-14-15(20(14,2)3)19(25)27-10-21-16(22)12-7-5-6-8-13(12)17(21)23/h9,14-15H,5-8,10H2,1-4H3/b11-9+/t14-,15+/m1/s1. The molecular weight excluding hydrogens is 350 g/mol. The highest BCUT2D eigenvalue weighted by Crippen LogP contribution is 2.59. The second-order valence-corrected chi connectivity index (χ2v) is 7.96. The van der Waals surface area contributed by atoms with Crippen molar-refractivity contribution in [3.05, 3.63) is 22.8 Å². The average Bonchev–Trinajstić information content (AvgIpc) is 3.09. The van der Waals surface area contributed by atoms with Gasteiger partial charge >= 0.3 is 11.9 Å². The first-order valence-corrected chi connectivity index (χ1v) is 9.21. The first-order chi connectivity index (χ1) is 12.7. The summed E-state index contributed by atoms with van der Waals surface area (Å²) in [6.07, 6.45) is 4.74. The maximum Gasteiger partial charge on any atom is 0.333 e. The van der Waals surface area contributed by atoms with E-state index in [1.807, 2.05) is 13.8 Å². The lowest BCUT2D eigenvalue weighted by Gasteiger charge is -2.15. The Kier molecular flexibility index (Phi) is 4.97. The predicted octanol–water partition coefficient (Wildman–Crippen LogP) is 2.12. The van der Waals surface area contributed by atoms with Crippen molar-refractivity contribution in [1.29, 1.82) is 0 Å². The highest BCUT2D eigenvalue weighted by molar-refractivity contribution is 6.19. The Balaban J connectivity index is 1.61. The van der Waals surface area contributed by atoms with E-state index in [4.69, 9.17) is 4.74 Å². The molecule has 2 amide bonds. The minimum Gasteiger partial charge on any atom is -0.466 e. The molecule has 7 nitrogen and oxygen atoms in total. The van der Waals surface area contributed by atoms with Crippen molar-refractivity contribution in [2.24, 2.45) is 17.3 Å². The van der Waals surface area contributed by atoms with Crippen molar-refractivity contribution in [3.8, 4) is 0 Å². The van der Waals surface area contributed by atoms with Gasteiger partial charge in [0.25, 0.3) is 11.8 Å². The van der Waals surface area contributed by atoms with E-state index < -0.39 is 17.9 Å². The van der Waals surface area contributed by atoms with Gasteiger partial charge in [0.1, 0.15) is 0 Å². The van der Waals surface area contributed by atoms with Crippen molar-refractivity contribution in [2.75, 3.05) is 13.8 Å². The van der Waals surface area contributed by atoms with Gasteiger partial charge in [-0.3, -0.25) is 14.4 Å². The minimum atomic E-state index is -0.468. The van der Waals surface area contributed by atoms with E-state index in [9.17, 15) is 19.2 Å². The van der Waals surface area contributed by atoms with Gasteiger partial charge in [0.15, 0.2) is 6.73 Å². The van der Waals surface area contributed by atoms with E-state index in [2.05, 4.69) is 4.74 Å². The van der Waals surface area contributed by atoms with Crippen LogP contribution in [0.4, 0.5) is 0 Å². The second kappa shape index (κ2) is 6.94. The molecule has 0 aromatic heterocycles. The first kappa shape index (κ1) is 19.3. The Morgan fingerprint density at radius 1 is 1.15 bits per heavy atom. The number of hydrogen-bond acceptors (Lipinski definition) is 6. The van der Waals surface area contributed by atoms with E-state index in [1.54, 1.807) is 13.0 Å². The van der Waals surface area contributed by atoms with Crippen molar-refractivity contribution < 1.29 is 28.7 Å². The third kappa shape index (κ3) is 3.31. The van der Waals surface area contributed by atoms with E-state index in [1.165, 1.54) is 7.11 Å². The van der Waals surface area contributed by atoms with Crippen LogP contribution in [0.25, 0.3) is 0 Å². The van der Waals surface area contributed by atoms with Gasteiger partial charge in [0.05, 0.1) is 13.0 Å². The molecule has 0 bridgehead atoms. The molecule has 2 atom stereocenters. The molecular formula is C20H25NO6. The SMILES string of the molecule is COC(=O)/C(C)=C/[C@@H]1[C@@H](C(=O)OCN2C(=O)C3=C(CCCC3)C2=O)C1(C)C. The number of methoxy groups -OCH3 is 1. The third-order valence-electron chi connectivity index (χ3n) is 5.91. The molecule has 0 spiro atoms. The highest BCUT2D eigenvalue weighted by atomic mass is 16.5. The van der Waals surface area contributed by atoms with Gasteiger partial charge in [-0.2, -0.15) is 0 Å². The molecule has 2 aliphatic carbocycles. The molecule has 1 saturated carbocycles. The van der Waals surface area contributed by atoms with Crippen LogP contribution in [0.2, 0.25) is 0 Å². The number of ether oxygens (including phenoxy) is 2. The molecule has 3 aliphatic rings. The Morgan fingerprint density at radius 2 is 1.70 bits per heavy atom. The lowest BCUT2D eigenvalue weighted by molar-refractivity contribution is -0.157. The number of carbonyl (C=O) groups excluding carboxylic acids is 4. The molecule has 3 rings (SSSR count). The summed E-state index contributed by atoms with van der Waals surface area (Å²) in [4.78, 5) is 49.9. The zero-order chi connectivity index (χ0) is 19.9. The average molecular weight is 375 g/mol. The summed E-state index contributed by atoms with van der Waals surface area (Å²) >= 11 is 0. The zero-order valence-electron chi connectivity index (χ0n) is 16.2. The molecule has 0 radical (unpaired) electrons. The number of carbonyl (C=O) groups is 4. The van der Waals surface area contributed by atoms with Gasteiger partial charge in [0, 0.05) is 16.7 Å². The first-order valence-electron chi connectivity index (χ1n) is 9.21. The van der Waals surface area contributed by atoms with E-state index >= 15 is 0 Å². The van der Waals surface area contributed by atoms with Gasteiger partial charge in [-0.25, -0.2) is 9.69 Å². The normalized spacial score (nSPS) is 26.8. The van der Waals surface area contributed by atoms with E-state index in [0.717, 1.165) is 17.7 Å². The number of imide groups is 1. The van der Waals surface area contributed by atoms with Crippen molar-refractivity contribution in [2.45, 2.75) is 46.5 Å². The Labute approximate surface area is 158 Å². The van der Waals surface area contributed by atoms with Gasteiger partial charge < -0.3 is 9.47 Å². The molecule has 1 fully saturated rings. The van der Waals surface area contributed by atoms with Crippen LogP contribution in [-0.4, -0.2) is 42.5 Å². The van der Waals surface area contributed by atoms with Crippen LogP contribution >= 0.6 is 0 Å². The van der Waals surface area contributed by atoms with Gasteiger partial charge in [-0.15, -0.1) is 0 Å². The number of hydrogen-bond donors (Lipinski definition) is 0. The maximum atomic E-state index is 12.5. The highest BCUT2D eigenvalue weighted by Gasteiger charge is 2.61. The molecule has 146 valence electrons. The minimum absolute atomic E-state index is 0.152. The largest absolute Gasteiger partial charge is 0.466 e. The van der Waals surface area contributed by atoms with Gasteiger partial charge in [-0.1, -0.05) is 19.9 Å². The van der Waals surface area contributed by atoms with Crippen molar-refractivity contribution in [1.82, 2.24) is 4.90 Å². The molecule has 0 aromatic carbocycles. The third-order valence-corrected chi connectivity index (χ3v) is 5.91. The summed E-state index contributed by atoms with van der Waals surface area (Å²) in [5.74, 6) is -2.15. The molecule has 1 heterocycles. The monoisotopic (exact) mass is 375 g/mol. The van der Waals surface area contributed by atoms with Crippen LogP contribution in [0.5, 0.6) is 0 Å². The summed E-state index contributed by atoms with van der Waals surface area (Å²) < 4.78 is 9.98. The molecule has 0 saturated heterocycles. The molecule has 0 N–H and O–H groups in total. The number of amides is 2. The fraction of sp³-hybridized carbons (Fsp3) is 0.600. The molecule has 0 unspecified atom stereocenters. The molecule has 27 heavy (non-hydrogen) atoms. The van der Waals surface area contributed by atoms with E-state index in [0.29, 0.717) is 29.6 Å². The smallest absolute Gasteiger partial charge is 0.333 e.